The maximum Gasteiger partial charge on any atom is 0.255 e. The summed E-state index contributed by atoms with van der Waals surface area (Å²) in [6, 6.07) is 2.11. The van der Waals surface area contributed by atoms with Gasteiger partial charge in [-0.1, -0.05) is 13.8 Å². The van der Waals surface area contributed by atoms with Crippen LogP contribution in [0, 0.1) is 5.92 Å². The summed E-state index contributed by atoms with van der Waals surface area (Å²) < 4.78 is 1.90. The molecule has 6 nitrogen and oxygen atoms in total. The van der Waals surface area contributed by atoms with Crippen molar-refractivity contribution in [2.24, 2.45) is 5.92 Å². The number of hydrogen-bond donors (Lipinski definition) is 1. The van der Waals surface area contributed by atoms with Crippen LogP contribution in [0.15, 0.2) is 18.5 Å². The van der Waals surface area contributed by atoms with E-state index in [4.69, 9.17) is 0 Å². The van der Waals surface area contributed by atoms with Gasteiger partial charge in [0, 0.05) is 43.8 Å². The fourth-order valence-electron chi connectivity index (χ4n) is 2.88. The summed E-state index contributed by atoms with van der Waals surface area (Å²) in [5, 5.41) is 8.61. The Kier molecular flexibility index (Phi) is 7.45. The zero-order valence-electron chi connectivity index (χ0n) is 14.2. The molecule has 1 fully saturated rings. The average molecular weight is 374 g/mol. The number of carbonyl (C=O) groups excluding carboxylic acids is 1. The molecule has 0 spiro atoms. The lowest BCUT2D eigenvalue weighted by atomic mass is 10.1. The van der Waals surface area contributed by atoms with Crippen molar-refractivity contribution in [2.45, 2.75) is 33.4 Å². The van der Waals surface area contributed by atoms with Crippen molar-refractivity contribution < 1.29 is 4.79 Å². The zero-order chi connectivity index (χ0) is 15.7. The minimum Gasteiger partial charge on any atom is -0.333 e. The number of nitrogens with zero attached hydrogens (tertiary/aromatic N) is 4. The zero-order valence-corrected chi connectivity index (χ0v) is 15.9. The molecule has 1 aliphatic heterocycles. The van der Waals surface area contributed by atoms with Gasteiger partial charge >= 0.3 is 0 Å². The molecule has 0 saturated carbocycles. The van der Waals surface area contributed by atoms with Crippen LogP contribution in [0.5, 0.6) is 0 Å². The molecule has 1 atom stereocenters. The topological polar surface area (TPSA) is 63.1 Å². The van der Waals surface area contributed by atoms with E-state index in [0.717, 1.165) is 37.2 Å². The standard InChI is InChI=1S/C16H23N5O.2ClH/c1-11(2)10-21-15-13(9-19-21)6-14(8-18-15)16(22)20-5-4-17-7-12(20)3;;/h6,8-9,11-12,17H,4-5,7,10H2,1-3H3;2*1H. The van der Waals surface area contributed by atoms with E-state index in [0.29, 0.717) is 11.5 Å². The van der Waals surface area contributed by atoms with E-state index in [9.17, 15) is 4.79 Å². The molecule has 134 valence electrons. The Morgan fingerprint density at radius 3 is 2.79 bits per heavy atom. The van der Waals surface area contributed by atoms with Crippen LogP contribution in [0.1, 0.15) is 31.1 Å². The second-order valence-electron chi connectivity index (χ2n) is 6.41. The second-order valence-corrected chi connectivity index (χ2v) is 6.41. The van der Waals surface area contributed by atoms with Crippen LogP contribution in [0.2, 0.25) is 0 Å². The Balaban J connectivity index is 0.00000144. The number of hydrogen-bond acceptors (Lipinski definition) is 4. The maximum absolute atomic E-state index is 12.7. The first-order valence-electron chi connectivity index (χ1n) is 7.89. The molecule has 0 aromatic carbocycles. The quantitative estimate of drug-likeness (QED) is 0.896. The number of halogens is 2. The SMILES string of the molecule is CC(C)Cn1ncc2cc(C(=O)N3CCNCC3C)cnc21.Cl.Cl. The molecule has 1 aliphatic rings. The molecule has 0 radical (unpaired) electrons. The highest BCUT2D eigenvalue weighted by Crippen LogP contribution is 2.17. The number of nitrogens with one attached hydrogen (secondary N) is 1. The van der Waals surface area contributed by atoms with E-state index in [1.165, 1.54) is 0 Å². The van der Waals surface area contributed by atoms with Gasteiger partial charge in [0.05, 0.1) is 11.8 Å². The van der Waals surface area contributed by atoms with Crippen molar-refractivity contribution in [3.8, 4) is 0 Å². The monoisotopic (exact) mass is 373 g/mol. The summed E-state index contributed by atoms with van der Waals surface area (Å²) in [7, 11) is 0. The molecule has 2 aromatic heterocycles. The van der Waals surface area contributed by atoms with Crippen LogP contribution >= 0.6 is 24.8 Å². The highest BCUT2D eigenvalue weighted by Gasteiger charge is 2.24. The van der Waals surface area contributed by atoms with E-state index in [2.05, 4.69) is 36.2 Å². The van der Waals surface area contributed by atoms with Gasteiger partial charge in [0.2, 0.25) is 0 Å². The number of carbonyl (C=O) groups is 1. The third kappa shape index (κ3) is 4.18. The Labute approximate surface area is 154 Å². The van der Waals surface area contributed by atoms with Gasteiger partial charge in [-0.15, -0.1) is 24.8 Å². The minimum absolute atomic E-state index is 0. The molecule has 0 aliphatic carbocycles. The number of pyridine rings is 1. The van der Waals surface area contributed by atoms with Gasteiger partial charge in [0.25, 0.3) is 5.91 Å². The lowest BCUT2D eigenvalue weighted by Crippen LogP contribution is -2.52. The molecule has 1 amide bonds. The number of piperazine rings is 1. The third-order valence-electron chi connectivity index (χ3n) is 4.02. The summed E-state index contributed by atoms with van der Waals surface area (Å²) in [5.74, 6) is 0.563. The van der Waals surface area contributed by atoms with Crippen molar-refractivity contribution in [3.63, 3.8) is 0 Å². The molecule has 1 N–H and O–H groups in total. The van der Waals surface area contributed by atoms with Gasteiger partial charge in [0.1, 0.15) is 0 Å². The van der Waals surface area contributed by atoms with Crippen LogP contribution < -0.4 is 5.32 Å². The second kappa shape index (κ2) is 8.65. The van der Waals surface area contributed by atoms with Crippen LogP contribution in [-0.2, 0) is 6.54 Å². The number of rotatable bonds is 3. The molecular formula is C16H25Cl2N5O. The van der Waals surface area contributed by atoms with Crippen LogP contribution in [0.3, 0.4) is 0 Å². The lowest BCUT2D eigenvalue weighted by molar-refractivity contribution is 0.0655. The van der Waals surface area contributed by atoms with E-state index in [-0.39, 0.29) is 36.8 Å². The third-order valence-corrected chi connectivity index (χ3v) is 4.02. The number of amides is 1. The van der Waals surface area contributed by atoms with E-state index < -0.39 is 0 Å². The molecular weight excluding hydrogens is 349 g/mol. The van der Waals surface area contributed by atoms with Gasteiger partial charge in [-0.25, -0.2) is 9.67 Å². The molecule has 3 heterocycles. The highest BCUT2D eigenvalue weighted by molar-refractivity contribution is 5.97. The largest absolute Gasteiger partial charge is 0.333 e. The summed E-state index contributed by atoms with van der Waals surface area (Å²) >= 11 is 0. The van der Waals surface area contributed by atoms with Gasteiger partial charge in [-0.2, -0.15) is 5.10 Å². The predicted octanol–water partition coefficient (Wildman–Crippen LogP) is 2.36. The molecule has 0 bridgehead atoms. The summed E-state index contributed by atoms with van der Waals surface area (Å²) in [6.07, 6.45) is 3.47. The molecule has 2 aromatic rings. The molecule has 1 saturated heterocycles. The van der Waals surface area contributed by atoms with E-state index in [1.807, 2.05) is 15.6 Å². The Morgan fingerprint density at radius 1 is 1.38 bits per heavy atom. The van der Waals surface area contributed by atoms with Crippen molar-refractivity contribution in [1.82, 2.24) is 25.0 Å². The summed E-state index contributed by atoms with van der Waals surface area (Å²) in [4.78, 5) is 19.1. The van der Waals surface area contributed by atoms with Crippen LogP contribution in [0.4, 0.5) is 0 Å². The summed E-state index contributed by atoms with van der Waals surface area (Å²) in [5.41, 5.74) is 1.49. The highest BCUT2D eigenvalue weighted by atomic mass is 35.5. The maximum atomic E-state index is 12.7. The smallest absolute Gasteiger partial charge is 0.255 e. The molecule has 1 unspecified atom stereocenters. The number of aromatic nitrogens is 3. The summed E-state index contributed by atoms with van der Waals surface area (Å²) in [6.45, 7) is 9.63. The van der Waals surface area contributed by atoms with Crippen molar-refractivity contribution >= 4 is 41.8 Å². The van der Waals surface area contributed by atoms with Gasteiger partial charge in [0.15, 0.2) is 5.65 Å². The van der Waals surface area contributed by atoms with Crippen LogP contribution in [-0.4, -0.2) is 51.2 Å². The lowest BCUT2D eigenvalue weighted by Gasteiger charge is -2.33. The predicted molar refractivity (Wildman–Crippen MR) is 100 cm³/mol. The molecule has 3 rings (SSSR count). The van der Waals surface area contributed by atoms with E-state index >= 15 is 0 Å². The van der Waals surface area contributed by atoms with Crippen molar-refractivity contribution in [3.05, 3.63) is 24.0 Å². The van der Waals surface area contributed by atoms with Crippen molar-refractivity contribution in [1.29, 1.82) is 0 Å². The molecule has 8 heteroatoms. The van der Waals surface area contributed by atoms with Crippen LogP contribution in [0.25, 0.3) is 11.0 Å². The minimum atomic E-state index is 0. The first kappa shape index (κ1) is 20.7. The Morgan fingerprint density at radius 2 is 2.12 bits per heavy atom. The first-order valence-corrected chi connectivity index (χ1v) is 7.89. The normalized spacial score (nSPS) is 17.5. The Hall–Kier alpha value is -1.37. The van der Waals surface area contributed by atoms with E-state index in [1.54, 1.807) is 12.4 Å². The van der Waals surface area contributed by atoms with Gasteiger partial charge < -0.3 is 10.2 Å². The Bertz CT molecular complexity index is 688. The average Bonchev–Trinajstić information content (AvgIpc) is 2.89. The first-order chi connectivity index (χ1) is 10.6. The van der Waals surface area contributed by atoms with Gasteiger partial charge in [-0.05, 0) is 18.9 Å². The van der Waals surface area contributed by atoms with Crippen molar-refractivity contribution in [2.75, 3.05) is 19.6 Å². The molecule has 24 heavy (non-hydrogen) atoms. The van der Waals surface area contributed by atoms with Gasteiger partial charge in [-0.3, -0.25) is 4.79 Å². The number of fused-ring (bicyclic) bond motifs is 1. The fourth-order valence-corrected chi connectivity index (χ4v) is 2.88. The fraction of sp³-hybridized carbons (Fsp3) is 0.562.